The first kappa shape index (κ1) is 12.7. The molecule has 1 aliphatic rings. The summed E-state index contributed by atoms with van der Waals surface area (Å²) in [6.07, 6.45) is 3.78. The van der Waals surface area contributed by atoms with Gasteiger partial charge in [0.2, 0.25) is 0 Å². The minimum atomic E-state index is -0.457. The Labute approximate surface area is 108 Å². The van der Waals surface area contributed by atoms with Crippen LogP contribution in [-0.4, -0.2) is 23.1 Å². The molecule has 1 atom stereocenters. The maximum absolute atomic E-state index is 12.1. The molecule has 1 aromatic rings. The maximum Gasteiger partial charge on any atom is 0.411 e. The summed E-state index contributed by atoms with van der Waals surface area (Å²) >= 11 is 0. The van der Waals surface area contributed by atoms with Gasteiger partial charge in [0.1, 0.15) is 5.60 Å². The molecule has 0 saturated heterocycles. The van der Waals surface area contributed by atoms with Crippen LogP contribution in [0.2, 0.25) is 0 Å². The minimum Gasteiger partial charge on any atom is -0.444 e. The number of hydrogen-bond donors (Lipinski definition) is 0. The summed E-state index contributed by atoms with van der Waals surface area (Å²) < 4.78 is 5.42. The average Bonchev–Trinajstić information content (AvgIpc) is 2.76. The molecule has 96 valence electrons. The molecule has 0 aliphatic carbocycles. The van der Waals surface area contributed by atoms with Gasteiger partial charge in [-0.15, -0.1) is 0 Å². The number of ether oxygens (including phenoxy) is 1. The van der Waals surface area contributed by atoms with E-state index in [2.05, 4.69) is 0 Å². The van der Waals surface area contributed by atoms with E-state index in [0.717, 1.165) is 5.56 Å². The summed E-state index contributed by atoms with van der Waals surface area (Å²) in [5, 5.41) is 0. The molecule has 1 unspecified atom stereocenters. The van der Waals surface area contributed by atoms with Crippen LogP contribution in [0.3, 0.4) is 0 Å². The Hall–Kier alpha value is -1.77. The highest BCUT2D eigenvalue weighted by Gasteiger charge is 2.29. The Morgan fingerprint density at radius 2 is 1.94 bits per heavy atom. The van der Waals surface area contributed by atoms with E-state index in [1.54, 1.807) is 4.90 Å². The van der Waals surface area contributed by atoms with Crippen LogP contribution in [0.4, 0.5) is 4.79 Å². The van der Waals surface area contributed by atoms with Crippen LogP contribution in [0, 0.1) is 0 Å². The number of benzene rings is 1. The van der Waals surface area contributed by atoms with Crippen molar-refractivity contribution in [1.82, 2.24) is 4.90 Å². The lowest BCUT2D eigenvalue weighted by Crippen LogP contribution is -2.36. The lowest BCUT2D eigenvalue weighted by molar-refractivity contribution is 0.0240. The quantitative estimate of drug-likeness (QED) is 0.708. The number of rotatable bonds is 1. The van der Waals surface area contributed by atoms with E-state index < -0.39 is 5.60 Å². The molecule has 1 aliphatic heterocycles. The van der Waals surface area contributed by atoms with Gasteiger partial charge in [0.15, 0.2) is 0 Å². The van der Waals surface area contributed by atoms with Crippen molar-refractivity contribution >= 4 is 6.09 Å². The Morgan fingerprint density at radius 1 is 1.28 bits per heavy atom. The van der Waals surface area contributed by atoms with Crippen molar-refractivity contribution < 1.29 is 9.53 Å². The second-order valence-corrected chi connectivity index (χ2v) is 5.42. The van der Waals surface area contributed by atoms with Crippen molar-refractivity contribution in [1.29, 1.82) is 0 Å². The molecular formula is C15H19NO2. The predicted molar refractivity (Wildman–Crippen MR) is 71.3 cm³/mol. The smallest absolute Gasteiger partial charge is 0.411 e. The van der Waals surface area contributed by atoms with Gasteiger partial charge in [-0.1, -0.05) is 42.5 Å². The number of amides is 1. The largest absolute Gasteiger partial charge is 0.444 e. The predicted octanol–water partition coefficient (Wildman–Crippen LogP) is 3.53. The monoisotopic (exact) mass is 245 g/mol. The van der Waals surface area contributed by atoms with E-state index >= 15 is 0 Å². The molecule has 3 heteroatoms. The molecule has 1 heterocycles. The summed E-state index contributed by atoms with van der Waals surface area (Å²) in [5.41, 5.74) is 0.651. The fraction of sp³-hybridized carbons (Fsp3) is 0.400. The molecule has 0 fully saturated rings. The zero-order chi connectivity index (χ0) is 13.2. The lowest BCUT2D eigenvalue weighted by Gasteiger charge is -2.28. The van der Waals surface area contributed by atoms with Crippen molar-refractivity contribution in [2.75, 3.05) is 6.54 Å². The van der Waals surface area contributed by atoms with E-state index in [9.17, 15) is 4.79 Å². The fourth-order valence-electron chi connectivity index (χ4n) is 1.97. The standard InChI is InChI=1S/C15H19NO2/c1-15(2,3)18-14(17)16-11-7-10-13(16)12-8-5-4-6-9-12/h4-10,13H,11H2,1-3H3. The van der Waals surface area contributed by atoms with Crippen molar-refractivity contribution in [3.05, 3.63) is 48.0 Å². The van der Waals surface area contributed by atoms with E-state index in [1.807, 2.05) is 63.3 Å². The topological polar surface area (TPSA) is 29.5 Å². The molecule has 0 bridgehead atoms. The Morgan fingerprint density at radius 3 is 2.56 bits per heavy atom. The SMILES string of the molecule is CC(C)(C)OC(=O)N1CC=CC1c1ccccc1. The lowest BCUT2D eigenvalue weighted by atomic mass is 10.1. The Balaban J connectivity index is 2.13. The summed E-state index contributed by atoms with van der Waals surface area (Å²) in [6, 6.07) is 9.97. The van der Waals surface area contributed by atoms with Crippen molar-refractivity contribution in [2.24, 2.45) is 0 Å². The third kappa shape index (κ3) is 2.92. The first-order valence-corrected chi connectivity index (χ1v) is 6.18. The number of hydrogen-bond acceptors (Lipinski definition) is 2. The van der Waals surface area contributed by atoms with Gasteiger partial charge < -0.3 is 4.74 Å². The molecule has 0 spiro atoms. The summed E-state index contributed by atoms with van der Waals surface area (Å²) in [4.78, 5) is 13.8. The number of carbonyl (C=O) groups excluding carboxylic acids is 1. The molecule has 2 rings (SSSR count). The highest BCUT2D eigenvalue weighted by Crippen LogP contribution is 2.28. The van der Waals surface area contributed by atoms with Gasteiger partial charge in [0, 0.05) is 6.54 Å². The van der Waals surface area contributed by atoms with Gasteiger partial charge in [0.25, 0.3) is 0 Å². The number of carbonyl (C=O) groups is 1. The Bertz CT molecular complexity index is 445. The molecule has 0 saturated carbocycles. The summed E-state index contributed by atoms with van der Waals surface area (Å²) in [6.45, 7) is 6.25. The molecule has 0 radical (unpaired) electrons. The van der Waals surface area contributed by atoms with Crippen LogP contribution in [0.15, 0.2) is 42.5 Å². The summed E-state index contributed by atoms with van der Waals surface area (Å²) in [7, 11) is 0. The second kappa shape index (κ2) is 4.84. The fourth-order valence-corrected chi connectivity index (χ4v) is 1.97. The van der Waals surface area contributed by atoms with Gasteiger partial charge in [0.05, 0.1) is 6.04 Å². The van der Waals surface area contributed by atoms with Crippen LogP contribution < -0.4 is 0 Å². The minimum absolute atomic E-state index is 0.0129. The zero-order valence-corrected chi connectivity index (χ0v) is 11.1. The van der Waals surface area contributed by atoms with Crippen LogP contribution in [0.5, 0.6) is 0 Å². The number of nitrogens with zero attached hydrogens (tertiary/aromatic N) is 1. The van der Waals surface area contributed by atoms with Crippen molar-refractivity contribution in [2.45, 2.75) is 32.4 Å². The third-order valence-electron chi connectivity index (χ3n) is 2.73. The molecule has 18 heavy (non-hydrogen) atoms. The zero-order valence-electron chi connectivity index (χ0n) is 11.1. The first-order chi connectivity index (χ1) is 8.47. The second-order valence-electron chi connectivity index (χ2n) is 5.42. The Kier molecular flexibility index (Phi) is 3.41. The summed E-state index contributed by atoms with van der Waals surface area (Å²) in [5.74, 6) is 0. The van der Waals surface area contributed by atoms with Gasteiger partial charge in [-0.05, 0) is 26.3 Å². The molecular weight excluding hydrogens is 226 g/mol. The van der Waals surface area contributed by atoms with Crippen LogP contribution in [-0.2, 0) is 4.74 Å². The van der Waals surface area contributed by atoms with Gasteiger partial charge in [-0.2, -0.15) is 0 Å². The van der Waals surface area contributed by atoms with E-state index in [-0.39, 0.29) is 12.1 Å². The molecule has 0 aromatic heterocycles. The van der Waals surface area contributed by atoms with Crippen LogP contribution in [0.1, 0.15) is 32.4 Å². The molecule has 1 aromatic carbocycles. The normalized spacial score (nSPS) is 19.1. The van der Waals surface area contributed by atoms with Crippen molar-refractivity contribution in [3.63, 3.8) is 0 Å². The maximum atomic E-state index is 12.1. The van der Waals surface area contributed by atoms with E-state index in [0.29, 0.717) is 6.54 Å². The molecule has 3 nitrogen and oxygen atoms in total. The average molecular weight is 245 g/mol. The van der Waals surface area contributed by atoms with Gasteiger partial charge in [-0.25, -0.2) is 4.79 Å². The highest BCUT2D eigenvalue weighted by molar-refractivity contribution is 5.70. The van der Waals surface area contributed by atoms with Crippen LogP contribution in [0.25, 0.3) is 0 Å². The van der Waals surface area contributed by atoms with Gasteiger partial charge >= 0.3 is 6.09 Å². The van der Waals surface area contributed by atoms with Crippen molar-refractivity contribution in [3.8, 4) is 0 Å². The van der Waals surface area contributed by atoms with Gasteiger partial charge in [-0.3, -0.25) is 4.90 Å². The van der Waals surface area contributed by atoms with E-state index in [4.69, 9.17) is 4.74 Å². The highest BCUT2D eigenvalue weighted by atomic mass is 16.6. The van der Waals surface area contributed by atoms with E-state index in [1.165, 1.54) is 0 Å². The third-order valence-corrected chi connectivity index (χ3v) is 2.73. The molecule has 1 amide bonds. The van der Waals surface area contributed by atoms with Crippen LogP contribution >= 0.6 is 0 Å². The first-order valence-electron chi connectivity index (χ1n) is 6.18. The molecule has 0 N–H and O–H groups in total.